The van der Waals surface area contributed by atoms with E-state index in [9.17, 15) is 14.4 Å². The molecule has 0 saturated heterocycles. The highest BCUT2D eigenvalue weighted by Gasteiger charge is 2.42. The van der Waals surface area contributed by atoms with Crippen LogP contribution in [-0.4, -0.2) is 46.0 Å². The van der Waals surface area contributed by atoms with Gasteiger partial charge < -0.3 is 19.5 Å². The first-order valence-corrected chi connectivity index (χ1v) is 8.05. The first kappa shape index (κ1) is 21.5. The topological polar surface area (TPSA) is 109 Å². The van der Waals surface area contributed by atoms with Gasteiger partial charge in [-0.3, -0.25) is 0 Å². The summed E-state index contributed by atoms with van der Waals surface area (Å²) in [6, 6.07) is 0. The van der Waals surface area contributed by atoms with Crippen molar-refractivity contribution in [3.8, 4) is 0 Å². The van der Waals surface area contributed by atoms with Crippen molar-refractivity contribution in [1.29, 1.82) is 0 Å². The third-order valence-corrected chi connectivity index (χ3v) is 3.04. The highest BCUT2D eigenvalue weighted by molar-refractivity contribution is 5.86. The second-order valence-corrected chi connectivity index (χ2v) is 7.89. The van der Waals surface area contributed by atoms with Gasteiger partial charge in [0.15, 0.2) is 5.54 Å². The molecule has 1 amide bonds. The van der Waals surface area contributed by atoms with Crippen LogP contribution in [0.15, 0.2) is 12.5 Å². The van der Waals surface area contributed by atoms with Gasteiger partial charge in [-0.25, -0.2) is 23.9 Å². The Morgan fingerprint density at radius 3 is 2.00 bits per heavy atom. The van der Waals surface area contributed by atoms with E-state index in [1.54, 1.807) is 41.5 Å². The van der Waals surface area contributed by atoms with Crippen LogP contribution in [0.3, 0.4) is 0 Å². The largest absolute Gasteiger partial charge is 0.467 e. The van der Waals surface area contributed by atoms with E-state index in [1.807, 2.05) is 0 Å². The van der Waals surface area contributed by atoms with Gasteiger partial charge in [-0.2, -0.15) is 0 Å². The standard InChI is InChI=1S/C17H27N3O6/c1-15(2,3)25-13(22)19-17(7,12(21)24-8)11-9-20(10-18-11)14(23)26-16(4,5)6/h9-10H,1-8H3,(H,19,22). The van der Waals surface area contributed by atoms with Gasteiger partial charge >= 0.3 is 18.2 Å². The van der Waals surface area contributed by atoms with E-state index in [0.29, 0.717) is 0 Å². The smallest absolute Gasteiger partial charge is 0.419 e. The molecule has 0 bridgehead atoms. The summed E-state index contributed by atoms with van der Waals surface area (Å²) >= 11 is 0. The second-order valence-electron chi connectivity index (χ2n) is 7.89. The molecular formula is C17H27N3O6. The molecule has 1 heterocycles. The lowest BCUT2D eigenvalue weighted by Gasteiger charge is -2.28. The zero-order chi connectivity index (χ0) is 20.3. The maximum Gasteiger partial charge on any atom is 0.419 e. The van der Waals surface area contributed by atoms with E-state index in [2.05, 4.69) is 10.3 Å². The summed E-state index contributed by atoms with van der Waals surface area (Å²) in [5.41, 5.74) is -3.00. The SMILES string of the molecule is COC(=O)C(C)(NC(=O)OC(C)(C)C)c1cn(C(=O)OC(C)(C)C)cn1. The quantitative estimate of drug-likeness (QED) is 0.644. The molecule has 0 aliphatic carbocycles. The molecule has 0 aromatic carbocycles. The number of amides is 1. The van der Waals surface area contributed by atoms with Crippen LogP contribution in [0, 0.1) is 0 Å². The summed E-state index contributed by atoms with van der Waals surface area (Å²) < 4.78 is 16.3. The molecule has 1 atom stereocenters. The van der Waals surface area contributed by atoms with Crippen molar-refractivity contribution in [2.24, 2.45) is 0 Å². The number of rotatable bonds is 3. The summed E-state index contributed by atoms with van der Waals surface area (Å²) in [6.45, 7) is 11.7. The Hall–Kier alpha value is -2.58. The Morgan fingerprint density at radius 2 is 1.54 bits per heavy atom. The zero-order valence-electron chi connectivity index (χ0n) is 16.5. The van der Waals surface area contributed by atoms with Crippen molar-refractivity contribution in [3.63, 3.8) is 0 Å². The molecule has 0 aliphatic rings. The fourth-order valence-corrected chi connectivity index (χ4v) is 1.93. The maximum absolute atomic E-state index is 12.3. The van der Waals surface area contributed by atoms with E-state index in [-0.39, 0.29) is 5.69 Å². The molecule has 26 heavy (non-hydrogen) atoms. The molecule has 1 N–H and O–H groups in total. The number of imidazole rings is 1. The average molecular weight is 369 g/mol. The molecule has 1 rings (SSSR count). The number of methoxy groups -OCH3 is 1. The molecule has 1 unspecified atom stereocenters. The third kappa shape index (κ3) is 5.75. The van der Waals surface area contributed by atoms with Crippen molar-refractivity contribution >= 4 is 18.2 Å². The minimum absolute atomic E-state index is 0.0982. The van der Waals surface area contributed by atoms with Crippen molar-refractivity contribution in [2.45, 2.75) is 65.2 Å². The lowest BCUT2D eigenvalue weighted by Crippen LogP contribution is -2.51. The lowest BCUT2D eigenvalue weighted by molar-refractivity contribution is -0.148. The van der Waals surface area contributed by atoms with Crippen LogP contribution in [0.25, 0.3) is 0 Å². The molecule has 0 aliphatic heterocycles. The summed E-state index contributed by atoms with van der Waals surface area (Å²) in [4.78, 5) is 40.6. The number of carbonyl (C=O) groups excluding carboxylic acids is 3. The van der Waals surface area contributed by atoms with Gasteiger partial charge in [0.05, 0.1) is 12.8 Å². The second kappa shape index (κ2) is 7.35. The number of esters is 1. The van der Waals surface area contributed by atoms with Crippen LogP contribution in [0.4, 0.5) is 9.59 Å². The molecule has 0 radical (unpaired) electrons. The number of carbonyl (C=O) groups is 3. The Balaban J connectivity index is 3.13. The van der Waals surface area contributed by atoms with E-state index in [1.165, 1.54) is 26.6 Å². The number of alkyl carbamates (subject to hydrolysis) is 1. The van der Waals surface area contributed by atoms with E-state index < -0.39 is 34.9 Å². The Kier molecular flexibility index (Phi) is 6.06. The molecule has 146 valence electrons. The lowest BCUT2D eigenvalue weighted by atomic mass is 9.99. The maximum atomic E-state index is 12.3. The van der Waals surface area contributed by atoms with Crippen LogP contribution in [-0.2, 0) is 24.5 Å². The Bertz CT molecular complexity index is 683. The molecule has 0 spiro atoms. The number of hydrogen-bond donors (Lipinski definition) is 1. The molecule has 9 nitrogen and oxygen atoms in total. The van der Waals surface area contributed by atoms with Crippen molar-refractivity contribution < 1.29 is 28.6 Å². The summed E-state index contributed by atoms with van der Waals surface area (Å²) in [7, 11) is 1.18. The fraction of sp³-hybridized carbons (Fsp3) is 0.647. The molecule has 1 aromatic rings. The monoisotopic (exact) mass is 369 g/mol. The highest BCUT2D eigenvalue weighted by atomic mass is 16.6. The first-order chi connectivity index (χ1) is 11.7. The summed E-state index contributed by atoms with van der Waals surface area (Å²) in [6.07, 6.45) is 1.00. The van der Waals surface area contributed by atoms with Gasteiger partial charge in [-0.05, 0) is 48.5 Å². The van der Waals surface area contributed by atoms with E-state index in [4.69, 9.17) is 14.2 Å². The molecule has 0 fully saturated rings. The molecular weight excluding hydrogens is 342 g/mol. The third-order valence-electron chi connectivity index (χ3n) is 3.04. The highest BCUT2D eigenvalue weighted by Crippen LogP contribution is 2.22. The van der Waals surface area contributed by atoms with Crippen LogP contribution in [0.5, 0.6) is 0 Å². The van der Waals surface area contributed by atoms with Crippen LogP contribution < -0.4 is 5.32 Å². The van der Waals surface area contributed by atoms with Crippen molar-refractivity contribution in [3.05, 3.63) is 18.2 Å². The van der Waals surface area contributed by atoms with Crippen LogP contribution >= 0.6 is 0 Å². The fourth-order valence-electron chi connectivity index (χ4n) is 1.93. The molecule has 0 saturated carbocycles. The van der Waals surface area contributed by atoms with Gasteiger partial charge in [-0.15, -0.1) is 0 Å². The Labute approximate surface area is 153 Å². The van der Waals surface area contributed by atoms with Crippen molar-refractivity contribution in [2.75, 3.05) is 7.11 Å². The number of aromatic nitrogens is 2. The van der Waals surface area contributed by atoms with E-state index in [0.717, 1.165) is 4.57 Å². The predicted octanol–water partition coefficient (Wildman–Crippen LogP) is 2.58. The van der Waals surface area contributed by atoms with Gasteiger partial charge in [0.25, 0.3) is 0 Å². The summed E-state index contributed by atoms with van der Waals surface area (Å²) in [5, 5.41) is 2.45. The number of ether oxygens (including phenoxy) is 3. The predicted molar refractivity (Wildman–Crippen MR) is 92.6 cm³/mol. The minimum Gasteiger partial charge on any atom is -0.467 e. The number of nitrogens with one attached hydrogen (secondary N) is 1. The Morgan fingerprint density at radius 1 is 1.00 bits per heavy atom. The van der Waals surface area contributed by atoms with Crippen molar-refractivity contribution in [1.82, 2.24) is 14.9 Å². The molecule has 9 heteroatoms. The average Bonchev–Trinajstić information content (AvgIpc) is 2.92. The van der Waals surface area contributed by atoms with Gasteiger partial charge in [0.2, 0.25) is 0 Å². The minimum atomic E-state index is -1.65. The summed E-state index contributed by atoms with van der Waals surface area (Å²) in [5.74, 6) is -0.766. The number of nitrogens with zero attached hydrogens (tertiary/aromatic N) is 2. The van der Waals surface area contributed by atoms with Gasteiger partial charge in [-0.1, -0.05) is 0 Å². The van der Waals surface area contributed by atoms with Crippen LogP contribution in [0.1, 0.15) is 54.2 Å². The van der Waals surface area contributed by atoms with Gasteiger partial charge in [0, 0.05) is 6.20 Å². The first-order valence-electron chi connectivity index (χ1n) is 8.05. The number of hydrogen-bond acceptors (Lipinski definition) is 7. The normalized spacial score (nSPS) is 14.2. The van der Waals surface area contributed by atoms with Crippen LogP contribution in [0.2, 0.25) is 0 Å². The zero-order valence-corrected chi connectivity index (χ0v) is 16.5. The van der Waals surface area contributed by atoms with Gasteiger partial charge in [0.1, 0.15) is 17.5 Å². The molecule has 1 aromatic heterocycles. The van der Waals surface area contributed by atoms with E-state index >= 15 is 0 Å².